The maximum atomic E-state index is 10.9. The summed E-state index contributed by atoms with van der Waals surface area (Å²) >= 11 is 0. The van der Waals surface area contributed by atoms with Gasteiger partial charge in [0.1, 0.15) is 6.61 Å². The van der Waals surface area contributed by atoms with E-state index in [-0.39, 0.29) is 17.5 Å². The molecule has 116 valence electrons. The molecule has 0 bridgehead atoms. The summed E-state index contributed by atoms with van der Waals surface area (Å²) in [5.41, 5.74) is 0.506. The number of carbonyl (C=O) groups excluding carboxylic acids is 2. The van der Waals surface area contributed by atoms with E-state index in [1.54, 1.807) is 13.8 Å². The molecule has 5 nitrogen and oxygen atoms in total. The molecule has 0 fully saturated rings. The number of ether oxygens (including phenoxy) is 2. The zero-order valence-electron chi connectivity index (χ0n) is 13.2. The fourth-order valence-corrected chi connectivity index (χ4v) is 0.894. The monoisotopic (exact) mass is 285 g/mol. The van der Waals surface area contributed by atoms with Gasteiger partial charge in [0.25, 0.3) is 0 Å². The van der Waals surface area contributed by atoms with Crippen LogP contribution in [0.4, 0.5) is 0 Å². The van der Waals surface area contributed by atoms with Crippen molar-refractivity contribution in [3.8, 4) is 0 Å². The molecule has 0 aliphatic heterocycles. The minimum absolute atomic E-state index is 0.0651. The van der Waals surface area contributed by atoms with Gasteiger partial charge in [-0.1, -0.05) is 13.2 Å². The Bertz CT molecular complexity index is 329. The van der Waals surface area contributed by atoms with Gasteiger partial charge in [-0.2, -0.15) is 0 Å². The number of carbonyl (C=O) groups is 2. The molecule has 0 aromatic heterocycles. The van der Waals surface area contributed by atoms with Crippen LogP contribution in [0.25, 0.3) is 0 Å². The maximum absolute atomic E-state index is 10.9. The van der Waals surface area contributed by atoms with Gasteiger partial charge >= 0.3 is 11.9 Å². The lowest BCUT2D eigenvalue weighted by atomic mass is 10.1. The molecule has 0 heterocycles. The van der Waals surface area contributed by atoms with Gasteiger partial charge in [-0.25, -0.2) is 9.59 Å². The van der Waals surface area contributed by atoms with Crippen molar-refractivity contribution in [1.29, 1.82) is 0 Å². The van der Waals surface area contributed by atoms with Gasteiger partial charge in [-0.15, -0.1) is 0 Å². The Kier molecular flexibility index (Phi) is 11.6. The third kappa shape index (κ3) is 16.4. The quantitative estimate of drug-likeness (QED) is 0.460. The number of esters is 2. The van der Waals surface area contributed by atoms with Crippen LogP contribution >= 0.6 is 0 Å². The largest absolute Gasteiger partial charge is 0.463 e. The Morgan fingerprint density at radius 2 is 1.80 bits per heavy atom. The van der Waals surface area contributed by atoms with Crippen molar-refractivity contribution in [2.45, 2.75) is 40.2 Å². The zero-order chi connectivity index (χ0) is 16.2. The van der Waals surface area contributed by atoms with Crippen LogP contribution in [0.5, 0.6) is 0 Å². The highest BCUT2D eigenvalue weighted by atomic mass is 16.5. The van der Waals surface area contributed by atoms with Gasteiger partial charge in [0, 0.05) is 23.7 Å². The van der Waals surface area contributed by atoms with E-state index in [0.717, 1.165) is 6.08 Å². The summed E-state index contributed by atoms with van der Waals surface area (Å²) in [7, 11) is 0. The normalized spacial score (nSPS) is 9.85. The Labute approximate surface area is 122 Å². The van der Waals surface area contributed by atoms with Gasteiger partial charge in [0.2, 0.25) is 0 Å². The molecule has 0 saturated carbocycles. The second-order valence-corrected chi connectivity index (χ2v) is 5.05. The lowest BCUT2D eigenvalue weighted by Crippen LogP contribution is -2.38. The van der Waals surface area contributed by atoms with Crippen molar-refractivity contribution >= 4 is 11.9 Å². The fourth-order valence-electron chi connectivity index (χ4n) is 0.894. The minimum atomic E-state index is -0.359. The molecule has 0 aliphatic carbocycles. The molecule has 0 radical (unpaired) electrons. The Morgan fingerprint density at radius 1 is 1.25 bits per heavy atom. The molecule has 0 rings (SSSR count). The maximum Gasteiger partial charge on any atom is 0.333 e. The van der Waals surface area contributed by atoms with Crippen molar-refractivity contribution in [3.05, 3.63) is 24.8 Å². The summed E-state index contributed by atoms with van der Waals surface area (Å²) in [4.78, 5) is 21.0. The van der Waals surface area contributed by atoms with Crippen LogP contribution in [0.2, 0.25) is 0 Å². The zero-order valence-corrected chi connectivity index (χ0v) is 13.2. The van der Waals surface area contributed by atoms with E-state index in [1.807, 2.05) is 0 Å². The van der Waals surface area contributed by atoms with Crippen LogP contribution in [-0.4, -0.2) is 37.2 Å². The highest BCUT2D eigenvalue weighted by Crippen LogP contribution is 1.97. The highest BCUT2D eigenvalue weighted by Gasteiger charge is 2.08. The first-order valence-corrected chi connectivity index (χ1v) is 6.50. The molecule has 5 heteroatoms. The molecule has 0 amide bonds. The number of nitrogens with one attached hydrogen (secondary N) is 1. The number of rotatable bonds is 6. The van der Waals surface area contributed by atoms with Crippen LogP contribution in [0.1, 0.15) is 34.6 Å². The average molecular weight is 285 g/mol. The Morgan fingerprint density at radius 3 is 2.10 bits per heavy atom. The lowest BCUT2D eigenvalue weighted by molar-refractivity contribution is -0.139. The first-order chi connectivity index (χ1) is 9.14. The van der Waals surface area contributed by atoms with Crippen molar-refractivity contribution in [1.82, 2.24) is 5.32 Å². The van der Waals surface area contributed by atoms with E-state index >= 15 is 0 Å². The van der Waals surface area contributed by atoms with Crippen LogP contribution in [0, 0.1) is 0 Å². The molecular weight excluding hydrogens is 258 g/mol. The van der Waals surface area contributed by atoms with Crippen molar-refractivity contribution in [3.63, 3.8) is 0 Å². The predicted octanol–water partition coefficient (Wildman–Crippen LogP) is 2.23. The Balaban J connectivity index is 0. The fraction of sp³-hybridized carbons (Fsp3) is 0.600. The second-order valence-electron chi connectivity index (χ2n) is 5.05. The van der Waals surface area contributed by atoms with Crippen molar-refractivity contribution in [2.75, 3.05) is 19.8 Å². The van der Waals surface area contributed by atoms with E-state index in [2.05, 4.69) is 44.0 Å². The summed E-state index contributed by atoms with van der Waals surface area (Å²) < 4.78 is 9.33. The number of hydrogen-bond acceptors (Lipinski definition) is 5. The number of hydrogen-bond donors (Lipinski definition) is 1. The van der Waals surface area contributed by atoms with Gasteiger partial charge in [-0.3, -0.25) is 0 Å². The van der Waals surface area contributed by atoms with E-state index in [9.17, 15) is 9.59 Å². The van der Waals surface area contributed by atoms with E-state index in [1.165, 1.54) is 0 Å². The first kappa shape index (κ1) is 20.7. The highest BCUT2D eigenvalue weighted by molar-refractivity contribution is 5.86. The molecule has 0 atom stereocenters. The molecule has 0 spiro atoms. The molecule has 0 saturated heterocycles. The SMILES string of the molecule is C=C(C)C(=O)OCCNC(C)(C)C.C=CC(=O)OCC. The molecule has 20 heavy (non-hydrogen) atoms. The van der Waals surface area contributed by atoms with Gasteiger partial charge in [-0.05, 0) is 34.6 Å². The van der Waals surface area contributed by atoms with Crippen LogP contribution in [0.3, 0.4) is 0 Å². The molecule has 1 N–H and O–H groups in total. The van der Waals surface area contributed by atoms with Gasteiger partial charge in [0.05, 0.1) is 6.61 Å². The van der Waals surface area contributed by atoms with Crippen molar-refractivity contribution < 1.29 is 19.1 Å². The van der Waals surface area contributed by atoms with Crippen LogP contribution in [0.15, 0.2) is 24.8 Å². The molecule has 0 aromatic rings. The first-order valence-electron chi connectivity index (χ1n) is 6.50. The summed E-state index contributed by atoms with van der Waals surface area (Å²) in [6.07, 6.45) is 1.14. The summed E-state index contributed by atoms with van der Waals surface area (Å²) in [5.74, 6) is -0.682. The molecule has 0 aromatic carbocycles. The third-order valence-corrected chi connectivity index (χ3v) is 1.79. The van der Waals surface area contributed by atoms with Crippen molar-refractivity contribution in [2.24, 2.45) is 0 Å². The summed E-state index contributed by atoms with van der Waals surface area (Å²) in [5, 5.41) is 3.21. The van der Waals surface area contributed by atoms with Crippen LogP contribution in [-0.2, 0) is 19.1 Å². The van der Waals surface area contributed by atoms with E-state index in [0.29, 0.717) is 25.3 Å². The third-order valence-electron chi connectivity index (χ3n) is 1.79. The standard InChI is InChI=1S/C10H19NO2.C5H8O2/c1-8(2)9(12)13-7-6-11-10(3,4)5;1-3-5(6)7-4-2/h11H,1,6-7H2,2-5H3;3H,1,4H2,2H3. The minimum Gasteiger partial charge on any atom is -0.463 e. The van der Waals surface area contributed by atoms with Crippen LogP contribution < -0.4 is 5.32 Å². The average Bonchev–Trinajstić information content (AvgIpc) is 2.34. The lowest BCUT2D eigenvalue weighted by Gasteiger charge is -2.20. The molecule has 0 unspecified atom stereocenters. The van der Waals surface area contributed by atoms with E-state index < -0.39 is 0 Å². The predicted molar refractivity (Wildman–Crippen MR) is 80.4 cm³/mol. The topological polar surface area (TPSA) is 64.6 Å². The molecule has 0 aliphatic rings. The van der Waals surface area contributed by atoms with Gasteiger partial charge in [0.15, 0.2) is 0 Å². The summed E-state index contributed by atoms with van der Waals surface area (Å²) in [6, 6.07) is 0. The second kappa shape index (κ2) is 11.2. The van der Waals surface area contributed by atoms with E-state index in [4.69, 9.17) is 4.74 Å². The summed E-state index contributed by atoms with van der Waals surface area (Å²) in [6.45, 7) is 17.8. The Hall–Kier alpha value is -1.62. The smallest absolute Gasteiger partial charge is 0.333 e. The van der Waals surface area contributed by atoms with Gasteiger partial charge < -0.3 is 14.8 Å². The molecular formula is C15H27NO4.